The van der Waals surface area contributed by atoms with Gasteiger partial charge in [0.1, 0.15) is 5.60 Å². The van der Waals surface area contributed by atoms with E-state index in [1.54, 1.807) is 52.1 Å². The van der Waals surface area contributed by atoms with Crippen LogP contribution in [0.15, 0.2) is 24.3 Å². The number of esters is 1. The van der Waals surface area contributed by atoms with Gasteiger partial charge in [0.15, 0.2) is 0 Å². The number of halogens is 2. The lowest BCUT2D eigenvalue weighted by atomic mass is 9.93. The third kappa shape index (κ3) is 2.07. The SMILES string of the molecule is CN1C(=O)[C@@]2(c3ccccc31)[C@H](C(=O)OC(C)(C)C)[C@H]2C(F)F. The van der Waals surface area contributed by atoms with E-state index < -0.39 is 41.2 Å². The molecule has 0 saturated heterocycles. The molecule has 4 nitrogen and oxygen atoms in total. The molecular formula is C17H19F2NO3. The van der Waals surface area contributed by atoms with Gasteiger partial charge in [0.25, 0.3) is 0 Å². The van der Waals surface area contributed by atoms with E-state index in [-0.39, 0.29) is 0 Å². The number of carbonyl (C=O) groups excluding carboxylic acids is 2. The second-order valence-electron chi connectivity index (χ2n) is 7.12. The number of nitrogens with zero attached hydrogens (tertiary/aromatic N) is 1. The zero-order chi connectivity index (χ0) is 17.2. The normalized spacial score (nSPS) is 29.2. The van der Waals surface area contributed by atoms with E-state index in [9.17, 15) is 18.4 Å². The fourth-order valence-electron chi connectivity index (χ4n) is 3.70. The predicted molar refractivity (Wildman–Crippen MR) is 80.4 cm³/mol. The van der Waals surface area contributed by atoms with Crippen LogP contribution in [0.2, 0.25) is 0 Å². The summed E-state index contributed by atoms with van der Waals surface area (Å²) in [6, 6.07) is 6.79. The average molecular weight is 323 g/mol. The summed E-state index contributed by atoms with van der Waals surface area (Å²) in [5, 5.41) is 0. The number of benzene rings is 1. The second kappa shape index (κ2) is 4.76. The summed E-state index contributed by atoms with van der Waals surface area (Å²) in [4.78, 5) is 26.5. The third-order valence-corrected chi connectivity index (χ3v) is 4.57. The number of alkyl halides is 2. The van der Waals surface area contributed by atoms with Gasteiger partial charge in [0.2, 0.25) is 12.3 Å². The number of anilines is 1. The molecule has 0 radical (unpaired) electrons. The second-order valence-corrected chi connectivity index (χ2v) is 7.12. The molecule has 1 aromatic rings. The van der Waals surface area contributed by atoms with Crippen LogP contribution in [-0.4, -0.2) is 31.0 Å². The van der Waals surface area contributed by atoms with Crippen molar-refractivity contribution in [1.29, 1.82) is 0 Å². The molecule has 6 heteroatoms. The smallest absolute Gasteiger partial charge is 0.311 e. The van der Waals surface area contributed by atoms with Gasteiger partial charge < -0.3 is 9.64 Å². The third-order valence-electron chi connectivity index (χ3n) is 4.57. The van der Waals surface area contributed by atoms with Crippen LogP contribution in [0.1, 0.15) is 26.3 Å². The molecule has 1 heterocycles. The lowest BCUT2D eigenvalue weighted by Gasteiger charge is -2.20. The summed E-state index contributed by atoms with van der Waals surface area (Å²) in [6.07, 6.45) is -2.77. The molecule has 1 aliphatic carbocycles. The van der Waals surface area contributed by atoms with Gasteiger partial charge in [0, 0.05) is 12.7 Å². The molecule has 0 bridgehead atoms. The number of fused-ring (bicyclic) bond motifs is 2. The van der Waals surface area contributed by atoms with E-state index in [1.165, 1.54) is 4.90 Å². The Bertz CT molecular complexity index is 683. The van der Waals surface area contributed by atoms with Crippen LogP contribution in [-0.2, 0) is 19.7 Å². The van der Waals surface area contributed by atoms with Crippen LogP contribution in [0.3, 0.4) is 0 Å². The quantitative estimate of drug-likeness (QED) is 0.786. The number of likely N-dealkylation sites (N-methyl/N-ethyl adjacent to an activating group) is 1. The highest BCUT2D eigenvalue weighted by molar-refractivity contribution is 6.14. The predicted octanol–water partition coefficient (Wildman–Crippen LogP) is 2.75. The summed E-state index contributed by atoms with van der Waals surface area (Å²) >= 11 is 0. The van der Waals surface area contributed by atoms with E-state index in [1.807, 2.05) is 0 Å². The Balaban J connectivity index is 2.07. The monoisotopic (exact) mass is 323 g/mol. The maximum atomic E-state index is 13.6. The van der Waals surface area contributed by atoms with E-state index in [4.69, 9.17) is 4.74 Å². The molecule has 1 aromatic carbocycles. The molecule has 1 spiro atoms. The molecule has 0 unspecified atom stereocenters. The van der Waals surface area contributed by atoms with E-state index in [2.05, 4.69) is 0 Å². The first kappa shape index (κ1) is 15.9. The van der Waals surface area contributed by atoms with Gasteiger partial charge in [-0.05, 0) is 32.4 Å². The summed E-state index contributed by atoms with van der Waals surface area (Å²) in [6.45, 7) is 5.02. The molecular weight excluding hydrogens is 304 g/mol. The first-order valence-corrected chi connectivity index (χ1v) is 7.51. The van der Waals surface area contributed by atoms with E-state index >= 15 is 0 Å². The van der Waals surface area contributed by atoms with Crippen molar-refractivity contribution < 1.29 is 23.1 Å². The number of carbonyl (C=O) groups is 2. The lowest BCUT2D eigenvalue weighted by molar-refractivity contribution is -0.158. The van der Waals surface area contributed by atoms with Gasteiger partial charge in [-0.25, -0.2) is 8.78 Å². The summed E-state index contributed by atoms with van der Waals surface area (Å²) in [5.41, 5.74) is -1.20. The van der Waals surface area contributed by atoms with Crippen molar-refractivity contribution in [2.24, 2.45) is 11.8 Å². The van der Waals surface area contributed by atoms with Crippen LogP contribution < -0.4 is 4.90 Å². The van der Waals surface area contributed by atoms with Gasteiger partial charge in [-0.1, -0.05) is 18.2 Å². The molecule has 1 aliphatic heterocycles. The number of amides is 1. The largest absolute Gasteiger partial charge is 0.460 e. The van der Waals surface area contributed by atoms with Gasteiger partial charge in [-0.2, -0.15) is 0 Å². The van der Waals surface area contributed by atoms with Crippen molar-refractivity contribution in [2.75, 3.05) is 11.9 Å². The molecule has 1 fully saturated rings. The highest BCUT2D eigenvalue weighted by Crippen LogP contribution is 2.68. The van der Waals surface area contributed by atoms with Crippen molar-refractivity contribution in [3.05, 3.63) is 29.8 Å². The van der Waals surface area contributed by atoms with Gasteiger partial charge in [-0.15, -0.1) is 0 Å². The first-order chi connectivity index (χ1) is 10.6. The minimum Gasteiger partial charge on any atom is -0.460 e. The van der Waals surface area contributed by atoms with Crippen molar-refractivity contribution in [3.63, 3.8) is 0 Å². The van der Waals surface area contributed by atoms with Crippen LogP contribution >= 0.6 is 0 Å². The number of para-hydroxylation sites is 1. The Hall–Kier alpha value is -1.98. The molecule has 3 rings (SSSR count). The van der Waals surface area contributed by atoms with Crippen molar-refractivity contribution in [2.45, 2.75) is 38.2 Å². The molecule has 2 aliphatic rings. The maximum absolute atomic E-state index is 13.6. The minimum atomic E-state index is -2.77. The van der Waals surface area contributed by atoms with Gasteiger partial charge >= 0.3 is 5.97 Å². The van der Waals surface area contributed by atoms with Crippen LogP contribution in [0.25, 0.3) is 0 Å². The van der Waals surface area contributed by atoms with Crippen molar-refractivity contribution in [3.8, 4) is 0 Å². The Morgan fingerprint density at radius 1 is 1.30 bits per heavy atom. The minimum absolute atomic E-state index is 0.458. The highest BCUT2D eigenvalue weighted by atomic mass is 19.3. The number of hydrogen-bond donors (Lipinski definition) is 0. The number of ether oxygens (including phenoxy) is 1. The fourth-order valence-corrected chi connectivity index (χ4v) is 3.70. The summed E-state index contributed by atoms with van der Waals surface area (Å²) in [7, 11) is 1.54. The Morgan fingerprint density at radius 3 is 2.48 bits per heavy atom. The molecule has 23 heavy (non-hydrogen) atoms. The first-order valence-electron chi connectivity index (χ1n) is 7.51. The zero-order valence-electron chi connectivity index (χ0n) is 13.5. The van der Waals surface area contributed by atoms with Crippen LogP contribution in [0.5, 0.6) is 0 Å². The summed E-state index contributed by atoms with van der Waals surface area (Å²) < 4.78 is 32.4. The fraction of sp³-hybridized carbons (Fsp3) is 0.529. The molecule has 0 N–H and O–H groups in total. The molecule has 124 valence electrons. The van der Waals surface area contributed by atoms with Gasteiger partial charge in [-0.3, -0.25) is 9.59 Å². The number of hydrogen-bond acceptors (Lipinski definition) is 3. The van der Waals surface area contributed by atoms with Crippen LogP contribution in [0.4, 0.5) is 14.5 Å². The van der Waals surface area contributed by atoms with Gasteiger partial charge in [0.05, 0.1) is 17.3 Å². The van der Waals surface area contributed by atoms with E-state index in [0.717, 1.165) is 0 Å². The average Bonchev–Trinajstić information content (AvgIpc) is 3.10. The molecule has 1 saturated carbocycles. The molecule has 0 aromatic heterocycles. The van der Waals surface area contributed by atoms with Crippen LogP contribution in [0, 0.1) is 11.8 Å². The summed E-state index contributed by atoms with van der Waals surface area (Å²) in [5.74, 6) is -3.67. The zero-order valence-corrected chi connectivity index (χ0v) is 13.5. The molecule has 3 atom stereocenters. The number of rotatable bonds is 2. The maximum Gasteiger partial charge on any atom is 0.311 e. The van der Waals surface area contributed by atoms with Crippen molar-refractivity contribution in [1.82, 2.24) is 0 Å². The Kier molecular flexibility index (Phi) is 3.29. The Morgan fingerprint density at radius 2 is 1.91 bits per heavy atom. The highest BCUT2D eigenvalue weighted by Gasteiger charge is 2.80. The Labute approximate surface area is 133 Å². The lowest BCUT2D eigenvalue weighted by Crippen LogP contribution is -2.33. The standard InChI is InChI=1S/C17H19F2NO3/c1-16(2,3)23-14(21)12-11(13(18)19)17(12)9-7-5-6-8-10(9)20(4)15(17)22/h5-8,11-13H,1-4H3/t11-,12-,17+/m0/s1. The van der Waals surface area contributed by atoms with E-state index in [0.29, 0.717) is 11.3 Å². The topological polar surface area (TPSA) is 46.6 Å². The van der Waals surface area contributed by atoms with Crippen molar-refractivity contribution >= 4 is 17.6 Å². The molecule has 1 amide bonds.